The summed E-state index contributed by atoms with van der Waals surface area (Å²) < 4.78 is 0. The van der Waals surface area contributed by atoms with Gasteiger partial charge >= 0.3 is 0 Å². The van der Waals surface area contributed by atoms with Crippen molar-refractivity contribution in [3.8, 4) is 6.07 Å². The number of nitrogens with zero attached hydrogens (tertiary/aromatic N) is 1. The van der Waals surface area contributed by atoms with E-state index in [9.17, 15) is 4.79 Å². The SMILES string of the molecule is N#CC=Cc1c[nH]c(=O)c(Cl)c1. The molecule has 12 heavy (non-hydrogen) atoms. The lowest BCUT2D eigenvalue weighted by Crippen LogP contribution is -2.04. The van der Waals surface area contributed by atoms with Crippen molar-refractivity contribution in [1.29, 1.82) is 5.26 Å². The molecule has 0 aromatic carbocycles. The molecule has 0 aliphatic heterocycles. The minimum Gasteiger partial charge on any atom is -0.327 e. The minimum atomic E-state index is -0.328. The quantitative estimate of drug-likeness (QED) is 0.667. The molecular weight excluding hydrogens is 176 g/mol. The van der Waals surface area contributed by atoms with Gasteiger partial charge in [-0.3, -0.25) is 4.79 Å². The maximum Gasteiger partial charge on any atom is 0.266 e. The first-order valence-electron chi connectivity index (χ1n) is 3.18. The standard InChI is InChI=1S/C8H5ClN2O/c9-7-4-6(2-1-3-10)5-11-8(7)12/h1-2,4-5H,(H,11,12). The van der Waals surface area contributed by atoms with Gasteiger partial charge in [-0.1, -0.05) is 11.6 Å². The van der Waals surface area contributed by atoms with Crippen LogP contribution in [0.15, 0.2) is 23.1 Å². The number of rotatable bonds is 1. The highest BCUT2D eigenvalue weighted by molar-refractivity contribution is 6.30. The summed E-state index contributed by atoms with van der Waals surface area (Å²) in [4.78, 5) is 13.2. The van der Waals surface area contributed by atoms with Crippen molar-refractivity contribution in [1.82, 2.24) is 4.98 Å². The van der Waals surface area contributed by atoms with E-state index in [4.69, 9.17) is 16.9 Å². The van der Waals surface area contributed by atoms with Crippen molar-refractivity contribution in [2.24, 2.45) is 0 Å². The smallest absolute Gasteiger partial charge is 0.266 e. The van der Waals surface area contributed by atoms with Crippen LogP contribution < -0.4 is 5.56 Å². The summed E-state index contributed by atoms with van der Waals surface area (Å²) in [6.45, 7) is 0. The molecule has 1 aromatic heterocycles. The van der Waals surface area contributed by atoms with E-state index in [1.807, 2.05) is 6.07 Å². The lowest BCUT2D eigenvalue weighted by molar-refractivity contribution is 1.23. The third-order valence-corrected chi connectivity index (χ3v) is 1.51. The van der Waals surface area contributed by atoms with Gasteiger partial charge in [0.2, 0.25) is 0 Å². The summed E-state index contributed by atoms with van der Waals surface area (Å²) in [5.41, 5.74) is 0.368. The first kappa shape index (κ1) is 8.57. The summed E-state index contributed by atoms with van der Waals surface area (Å²) in [6.07, 6.45) is 4.36. The second-order valence-electron chi connectivity index (χ2n) is 2.07. The van der Waals surface area contributed by atoms with Crippen molar-refractivity contribution in [2.45, 2.75) is 0 Å². The zero-order valence-corrected chi connectivity index (χ0v) is 6.80. The van der Waals surface area contributed by atoms with Crippen molar-refractivity contribution >= 4 is 17.7 Å². The van der Waals surface area contributed by atoms with Gasteiger partial charge in [0.05, 0.1) is 6.07 Å². The predicted molar refractivity (Wildman–Crippen MR) is 46.7 cm³/mol. The normalized spacial score (nSPS) is 10.0. The highest BCUT2D eigenvalue weighted by Gasteiger charge is 1.94. The van der Waals surface area contributed by atoms with Crippen LogP contribution in [0.25, 0.3) is 6.08 Å². The van der Waals surface area contributed by atoms with Crippen molar-refractivity contribution < 1.29 is 0 Å². The summed E-state index contributed by atoms with van der Waals surface area (Å²) >= 11 is 5.53. The van der Waals surface area contributed by atoms with E-state index in [2.05, 4.69) is 4.98 Å². The zero-order valence-electron chi connectivity index (χ0n) is 6.04. The van der Waals surface area contributed by atoms with Crippen LogP contribution in [-0.2, 0) is 0 Å². The van der Waals surface area contributed by atoms with Gasteiger partial charge in [0.15, 0.2) is 0 Å². The van der Waals surface area contributed by atoms with Crippen molar-refractivity contribution in [3.05, 3.63) is 39.3 Å². The molecular formula is C8H5ClN2O. The number of pyridine rings is 1. The van der Waals surface area contributed by atoms with E-state index in [1.54, 1.807) is 6.08 Å². The Labute approximate surface area is 73.9 Å². The molecule has 0 amide bonds. The lowest BCUT2D eigenvalue weighted by Gasteiger charge is -1.91. The van der Waals surface area contributed by atoms with Gasteiger partial charge in [-0.15, -0.1) is 0 Å². The topological polar surface area (TPSA) is 56.6 Å². The van der Waals surface area contributed by atoms with E-state index in [1.165, 1.54) is 18.3 Å². The van der Waals surface area contributed by atoms with Crippen LogP contribution in [-0.4, -0.2) is 4.98 Å². The van der Waals surface area contributed by atoms with Gasteiger partial charge in [0, 0.05) is 12.3 Å². The molecule has 1 rings (SSSR count). The second-order valence-corrected chi connectivity index (χ2v) is 2.48. The van der Waals surface area contributed by atoms with E-state index in [0.29, 0.717) is 5.56 Å². The molecule has 0 atom stereocenters. The Morgan fingerprint density at radius 1 is 1.67 bits per heavy atom. The molecule has 0 fully saturated rings. The van der Waals surface area contributed by atoms with Crippen LogP contribution in [0.2, 0.25) is 5.02 Å². The number of halogens is 1. The number of allylic oxidation sites excluding steroid dienone is 1. The van der Waals surface area contributed by atoms with E-state index in [0.717, 1.165) is 0 Å². The third kappa shape index (κ3) is 1.97. The summed E-state index contributed by atoms with van der Waals surface area (Å²) in [6, 6.07) is 3.33. The van der Waals surface area contributed by atoms with Crippen molar-refractivity contribution in [2.75, 3.05) is 0 Å². The Morgan fingerprint density at radius 2 is 2.42 bits per heavy atom. The monoisotopic (exact) mass is 180 g/mol. The number of aromatic amines is 1. The Bertz CT molecular complexity index is 400. The average Bonchev–Trinajstić information content (AvgIpc) is 2.07. The number of aromatic nitrogens is 1. The molecule has 1 aromatic rings. The fraction of sp³-hybridized carbons (Fsp3) is 0. The fourth-order valence-corrected chi connectivity index (χ4v) is 0.882. The fourth-order valence-electron chi connectivity index (χ4n) is 0.701. The van der Waals surface area contributed by atoms with Gasteiger partial charge in [-0.25, -0.2) is 0 Å². The molecule has 4 heteroatoms. The van der Waals surface area contributed by atoms with Crippen LogP contribution in [0.5, 0.6) is 0 Å². The Morgan fingerprint density at radius 3 is 3.00 bits per heavy atom. The largest absolute Gasteiger partial charge is 0.327 e. The van der Waals surface area contributed by atoms with Gasteiger partial charge < -0.3 is 4.98 Å². The molecule has 0 bridgehead atoms. The van der Waals surface area contributed by atoms with Gasteiger partial charge in [-0.05, 0) is 17.7 Å². The van der Waals surface area contributed by atoms with Crippen LogP contribution >= 0.6 is 11.6 Å². The maximum atomic E-state index is 10.8. The van der Waals surface area contributed by atoms with Gasteiger partial charge in [0.1, 0.15) is 5.02 Å². The van der Waals surface area contributed by atoms with Crippen LogP contribution in [0, 0.1) is 11.3 Å². The van der Waals surface area contributed by atoms with Crippen LogP contribution in [0.4, 0.5) is 0 Å². The highest BCUT2D eigenvalue weighted by Crippen LogP contribution is 2.04. The van der Waals surface area contributed by atoms with Crippen LogP contribution in [0.3, 0.4) is 0 Å². The molecule has 0 radical (unpaired) electrons. The zero-order chi connectivity index (χ0) is 8.97. The third-order valence-electron chi connectivity index (χ3n) is 1.23. The lowest BCUT2D eigenvalue weighted by atomic mass is 10.3. The molecule has 1 heterocycles. The van der Waals surface area contributed by atoms with Crippen LogP contribution in [0.1, 0.15) is 5.56 Å². The molecule has 0 aliphatic carbocycles. The second kappa shape index (κ2) is 3.74. The van der Waals surface area contributed by atoms with E-state index in [-0.39, 0.29) is 10.6 Å². The minimum absolute atomic E-state index is 0.120. The molecule has 60 valence electrons. The highest BCUT2D eigenvalue weighted by atomic mass is 35.5. The first-order valence-corrected chi connectivity index (χ1v) is 3.56. The number of hydrogen-bond donors (Lipinski definition) is 1. The van der Waals surface area contributed by atoms with E-state index >= 15 is 0 Å². The molecule has 0 unspecified atom stereocenters. The number of hydrogen-bond acceptors (Lipinski definition) is 2. The number of nitrogens with one attached hydrogen (secondary N) is 1. The van der Waals surface area contributed by atoms with Gasteiger partial charge in [-0.2, -0.15) is 5.26 Å². The number of nitriles is 1. The first-order chi connectivity index (χ1) is 5.74. The van der Waals surface area contributed by atoms with Gasteiger partial charge in [0.25, 0.3) is 5.56 Å². The molecule has 0 spiro atoms. The molecule has 0 aliphatic rings. The van der Waals surface area contributed by atoms with Crippen molar-refractivity contribution in [3.63, 3.8) is 0 Å². The molecule has 1 N–H and O–H groups in total. The Kier molecular flexibility index (Phi) is 2.67. The Balaban J connectivity index is 3.07. The summed E-state index contributed by atoms with van der Waals surface area (Å²) in [7, 11) is 0. The molecule has 3 nitrogen and oxygen atoms in total. The average molecular weight is 181 g/mol. The molecule has 0 saturated heterocycles. The predicted octanol–water partition coefficient (Wildman–Crippen LogP) is 1.57. The van der Waals surface area contributed by atoms with E-state index < -0.39 is 0 Å². The Hall–Kier alpha value is -1.53. The molecule has 0 saturated carbocycles. The summed E-state index contributed by atoms with van der Waals surface area (Å²) in [5, 5.41) is 8.33. The summed E-state index contributed by atoms with van der Waals surface area (Å²) in [5.74, 6) is 0. The number of H-pyrrole nitrogens is 1. The maximum absolute atomic E-state index is 10.8.